The summed E-state index contributed by atoms with van der Waals surface area (Å²) in [6.45, 7) is 4.06. The van der Waals surface area contributed by atoms with E-state index in [1.807, 2.05) is 64.8 Å². The zero-order valence-electron chi connectivity index (χ0n) is 16.7. The van der Waals surface area contributed by atoms with Crippen LogP contribution in [0.5, 0.6) is 0 Å². The SMILES string of the molecule is CCn1c(-c2ccc(Cl)cc2)nn(CN(C)Cc2ccc(C(=O)NC)cc2)c1=S. The average Bonchev–Trinajstić information content (AvgIpc) is 3.03. The molecular formula is C21H24ClN5OS. The van der Waals surface area contributed by atoms with E-state index >= 15 is 0 Å². The molecule has 0 bridgehead atoms. The number of rotatable bonds is 7. The van der Waals surface area contributed by atoms with Gasteiger partial charge in [-0.15, -0.1) is 0 Å². The second-order valence-corrected chi connectivity index (χ2v) is 7.59. The normalized spacial score (nSPS) is 11.1. The van der Waals surface area contributed by atoms with E-state index in [1.165, 1.54) is 0 Å². The van der Waals surface area contributed by atoms with E-state index in [9.17, 15) is 4.79 Å². The third-order valence-electron chi connectivity index (χ3n) is 4.61. The maximum absolute atomic E-state index is 11.7. The lowest BCUT2D eigenvalue weighted by atomic mass is 10.1. The molecular weight excluding hydrogens is 406 g/mol. The first kappa shape index (κ1) is 21.2. The molecule has 1 amide bonds. The highest BCUT2D eigenvalue weighted by molar-refractivity contribution is 7.71. The minimum absolute atomic E-state index is 0.0870. The van der Waals surface area contributed by atoms with E-state index in [1.54, 1.807) is 7.05 Å². The smallest absolute Gasteiger partial charge is 0.251 e. The van der Waals surface area contributed by atoms with Gasteiger partial charge in [0.2, 0.25) is 0 Å². The van der Waals surface area contributed by atoms with E-state index < -0.39 is 0 Å². The lowest BCUT2D eigenvalue weighted by Crippen LogP contribution is -2.23. The van der Waals surface area contributed by atoms with Gasteiger partial charge in [-0.1, -0.05) is 23.7 Å². The Morgan fingerprint density at radius 2 is 1.83 bits per heavy atom. The van der Waals surface area contributed by atoms with Gasteiger partial charge in [-0.3, -0.25) is 9.69 Å². The summed E-state index contributed by atoms with van der Waals surface area (Å²) in [6, 6.07) is 15.2. The van der Waals surface area contributed by atoms with Crippen LogP contribution in [-0.4, -0.2) is 39.3 Å². The van der Waals surface area contributed by atoms with Crippen LogP contribution in [0.25, 0.3) is 11.4 Å². The van der Waals surface area contributed by atoms with Crippen molar-refractivity contribution < 1.29 is 4.79 Å². The minimum Gasteiger partial charge on any atom is -0.355 e. The van der Waals surface area contributed by atoms with Gasteiger partial charge >= 0.3 is 0 Å². The molecule has 2 aromatic carbocycles. The number of aromatic nitrogens is 3. The number of hydrogen-bond donors (Lipinski definition) is 1. The van der Waals surface area contributed by atoms with Crippen LogP contribution >= 0.6 is 23.8 Å². The Hall–Kier alpha value is -2.48. The van der Waals surface area contributed by atoms with Crippen molar-refractivity contribution in [3.8, 4) is 11.4 Å². The standard InChI is InChI=1S/C21H24ClN5OS/c1-4-26-19(16-9-11-18(22)12-10-16)24-27(21(26)29)14-25(3)13-15-5-7-17(8-6-15)20(28)23-2/h5-12H,4,13-14H2,1-3H3,(H,23,28). The quantitative estimate of drug-likeness (QED) is 0.572. The highest BCUT2D eigenvalue weighted by Gasteiger charge is 2.13. The number of benzene rings is 2. The molecule has 1 heterocycles. The highest BCUT2D eigenvalue weighted by Crippen LogP contribution is 2.21. The van der Waals surface area contributed by atoms with Crippen LogP contribution in [0.2, 0.25) is 5.02 Å². The molecule has 8 heteroatoms. The van der Waals surface area contributed by atoms with Gasteiger partial charge in [0.25, 0.3) is 5.91 Å². The number of amides is 1. The first-order chi connectivity index (χ1) is 13.9. The van der Waals surface area contributed by atoms with Crippen molar-refractivity contribution in [1.82, 2.24) is 24.6 Å². The molecule has 1 aromatic heterocycles. The van der Waals surface area contributed by atoms with Gasteiger partial charge in [-0.25, -0.2) is 4.68 Å². The fraction of sp³-hybridized carbons (Fsp3) is 0.286. The Kier molecular flexibility index (Phi) is 6.84. The summed E-state index contributed by atoms with van der Waals surface area (Å²) < 4.78 is 4.53. The van der Waals surface area contributed by atoms with E-state index in [2.05, 4.69) is 17.1 Å². The Balaban J connectivity index is 1.76. The number of halogens is 1. The third kappa shape index (κ3) is 4.93. The van der Waals surface area contributed by atoms with Gasteiger partial charge in [0.05, 0.1) is 6.67 Å². The van der Waals surface area contributed by atoms with Crippen molar-refractivity contribution in [2.24, 2.45) is 0 Å². The van der Waals surface area contributed by atoms with Gasteiger partial charge in [0.1, 0.15) is 0 Å². The maximum atomic E-state index is 11.7. The van der Waals surface area contributed by atoms with Gasteiger partial charge in [0.15, 0.2) is 10.6 Å². The van der Waals surface area contributed by atoms with Crippen LogP contribution in [0.1, 0.15) is 22.8 Å². The zero-order chi connectivity index (χ0) is 21.0. The Bertz CT molecular complexity index is 1040. The van der Waals surface area contributed by atoms with Gasteiger partial charge in [-0.2, -0.15) is 5.10 Å². The molecule has 152 valence electrons. The van der Waals surface area contributed by atoms with E-state index in [0.29, 0.717) is 28.6 Å². The average molecular weight is 430 g/mol. The topological polar surface area (TPSA) is 55.1 Å². The summed E-state index contributed by atoms with van der Waals surface area (Å²) in [6.07, 6.45) is 0. The number of nitrogens with zero attached hydrogens (tertiary/aromatic N) is 4. The fourth-order valence-corrected chi connectivity index (χ4v) is 3.57. The van der Waals surface area contributed by atoms with Crippen molar-refractivity contribution in [1.29, 1.82) is 0 Å². The number of carbonyl (C=O) groups excluding carboxylic acids is 1. The zero-order valence-corrected chi connectivity index (χ0v) is 18.3. The molecule has 0 spiro atoms. The monoisotopic (exact) mass is 429 g/mol. The van der Waals surface area contributed by atoms with Gasteiger partial charge in [0, 0.05) is 36.3 Å². The Morgan fingerprint density at radius 1 is 1.17 bits per heavy atom. The summed E-state index contributed by atoms with van der Waals surface area (Å²) in [5.41, 5.74) is 2.74. The minimum atomic E-state index is -0.0870. The largest absolute Gasteiger partial charge is 0.355 e. The molecule has 0 fully saturated rings. The summed E-state index contributed by atoms with van der Waals surface area (Å²) >= 11 is 11.7. The number of carbonyl (C=O) groups is 1. The van der Waals surface area contributed by atoms with Crippen molar-refractivity contribution >= 4 is 29.7 Å². The maximum Gasteiger partial charge on any atom is 0.251 e. The first-order valence-electron chi connectivity index (χ1n) is 9.36. The van der Waals surface area contributed by atoms with Crippen molar-refractivity contribution in [3.05, 3.63) is 69.5 Å². The molecule has 3 aromatic rings. The van der Waals surface area contributed by atoms with Crippen molar-refractivity contribution in [3.63, 3.8) is 0 Å². The second kappa shape index (κ2) is 9.35. The second-order valence-electron chi connectivity index (χ2n) is 6.79. The number of hydrogen-bond acceptors (Lipinski definition) is 4. The van der Waals surface area contributed by atoms with E-state index in [-0.39, 0.29) is 5.91 Å². The predicted octanol–water partition coefficient (Wildman–Crippen LogP) is 4.20. The molecule has 3 rings (SSSR count). The predicted molar refractivity (Wildman–Crippen MR) is 118 cm³/mol. The summed E-state index contributed by atoms with van der Waals surface area (Å²) in [4.78, 5) is 13.8. The molecule has 0 aliphatic carbocycles. The third-order valence-corrected chi connectivity index (χ3v) is 5.30. The lowest BCUT2D eigenvalue weighted by Gasteiger charge is -2.16. The molecule has 0 aliphatic heterocycles. The molecule has 0 unspecified atom stereocenters. The van der Waals surface area contributed by atoms with E-state index in [0.717, 1.165) is 23.5 Å². The Morgan fingerprint density at radius 3 is 2.41 bits per heavy atom. The summed E-state index contributed by atoms with van der Waals surface area (Å²) in [5, 5.41) is 8.07. The molecule has 0 atom stereocenters. The van der Waals surface area contributed by atoms with Crippen molar-refractivity contribution in [2.45, 2.75) is 26.7 Å². The van der Waals surface area contributed by atoms with Crippen LogP contribution in [-0.2, 0) is 19.8 Å². The van der Waals surface area contributed by atoms with Gasteiger partial charge < -0.3 is 9.88 Å². The molecule has 0 saturated heterocycles. The molecule has 6 nitrogen and oxygen atoms in total. The summed E-state index contributed by atoms with van der Waals surface area (Å²) in [5.74, 6) is 0.744. The molecule has 0 radical (unpaired) electrons. The van der Waals surface area contributed by atoms with Crippen LogP contribution in [0, 0.1) is 4.77 Å². The van der Waals surface area contributed by atoms with Gasteiger partial charge in [-0.05, 0) is 68.2 Å². The summed E-state index contributed by atoms with van der Waals surface area (Å²) in [7, 11) is 3.64. The molecule has 29 heavy (non-hydrogen) atoms. The van der Waals surface area contributed by atoms with E-state index in [4.69, 9.17) is 28.9 Å². The number of nitrogens with one attached hydrogen (secondary N) is 1. The molecule has 0 aliphatic rings. The first-order valence-corrected chi connectivity index (χ1v) is 10.1. The van der Waals surface area contributed by atoms with Crippen LogP contribution in [0.3, 0.4) is 0 Å². The van der Waals surface area contributed by atoms with Crippen LogP contribution in [0.4, 0.5) is 0 Å². The molecule has 0 saturated carbocycles. The van der Waals surface area contributed by atoms with Crippen LogP contribution < -0.4 is 5.32 Å². The fourth-order valence-electron chi connectivity index (χ4n) is 3.13. The Labute approximate surface area is 180 Å². The lowest BCUT2D eigenvalue weighted by molar-refractivity contribution is 0.0963. The molecule has 1 N–H and O–H groups in total. The highest BCUT2D eigenvalue weighted by atomic mass is 35.5. The van der Waals surface area contributed by atoms with Crippen LogP contribution in [0.15, 0.2) is 48.5 Å². The van der Waals surface area contributed by atoms with Crippen molar-refractivity contribution in [2.75, 3.05) is 14.1 Å².